The van der Waals surface area contributed by atoms with Crippen molar-refractivity contribution in [1.82, 2.24) is 0 Å². The molecule has 0 aromatic heterocycles. The Bertz CT molecular complexity index is 347. The van der Waals surface area contributed by atoms with E-state index in [-0.39, 0.29) is 11.5 Å². The van der Waals surface area contributed by atoms with Crippen molar-refractivity contribution < 1.29 is 19.4 Å². The lowest BCUT2D eigenvalue weighted by Crippen LogP contribution is -1.99. The largest absolute Gasteiger partial charge is 0.504 e. The predicted molar refractivity (Wildman–Crippen MR) is 55.8 cm³/mol. The molecule has 0 aliphatic carbocycles. The van der Waals surface area contributed by atoms with Crippen molar-refractivity contribution in [1.29, 1.82) is 0 Å². The molecule has 0 heterocycles. The first-order valence-electron chi connectivity index (χ1n) is 4.80. The van der Waals surface area contributed by atoms with Gasteiger partial charge in [-0.1, -0.05) is 0 Å². The molecular weight excluding hydrogens is 196 g/mol. The summed E-state index contributed by atoms with van der Waals surface area (Å²) in [4.78, 5) is 10.6. The Kier molecular flexibility index (Phi) is 3.97. The summed E-state index contributed by atoms with van der Waals surface area (Å²) in [5.74, 6) is 0.594. The summed E-state index contributed by atoms with van der Waals surface area (Å²) in [5, 5.41) is 9.60. The first-order valence-corrected chi connectivity index (χ1v) is 4.80. The normalized spacial score (nSPS) is 9.73. The molecule has 0 amide bonds. The zero-order chi connectivity index (χ0) is 11.3. The lowest BCUT2D eigenvalue weighted by Gasteiger charge is -2.12. The summed E-state index contributed by atoms with van der Waals surface area (Å²) < 4.78 is 10.5. The van der Waals surface area contributed by atoms with Gasteiger partial charge in [0.1, 0.15) is 6.29 Å². The average molecular weight is 210 g/mol. The molecule has 0 bridgehead atoms. The Morgan fingerprint density at radius 1 is 1.27 bits per heavy atom. The Morgan fingerprint density at radius 3 is 2.47 bits per heavy atom. The van der Waals surface area contributed by atoms with Crippen molar-refractivity contribution in [3.8, 4) is 17.2 Å². The molecule has 0 atom stereocenters. The second kappa shape index (κ2) is 5.24. The number of hydrogen-bond donors (Lipinski definition) is 1. The van der Waals surface area contributed by atoms with Crippen LogP contribution in [0.4, 0.5) is 0 Å². The number of rotatable bonds is 5. The van der Waals surface area contributed by atoms with E-state index in [2.05, 4.69) is 0 Å². The zero-order valence-electron chi connectivity index (χ0n) is 8.82. The van der Waals surface area contributed by atoms with E-state index in [1.165, 1.54) is 6.07 Å². The SMILES string of the molecule is CCOc1cc(C=O)cc(O)c1OCC. The van der Waals surface area contributed by atoms with Gasteiger partial charge in [-0.15, -0.1) is 0 Å². The summed E-state index contributed by atoms with van der Waals surface area (Å²) in [5.41, 5.74) is 0.361. The fraction of sp³-hybridized carbons (Fsp3) is 0.364. The molecule has 0 fully saturated rings. The van der Waals surface area contributed by atoms with Gasteiger partial charge >= 0.3 is 0 Å². The van der Waals surface area contributed by atoms with Crippen molar-refractivity contribution in [2.24, 2.45) is 0 Å². The van der Waals surface area contributed by atoms with E-state index in [9.17, 15) is 9.90 Å². The molecule has 0 radical (unpaired) electrons. The van der Waals surface area contributed by atoms with Crippen molar-refractivity contribution in [2.45, 2.75) is 13.8 Å². The van der Waals surface area contributed by atoms with E-state index in [1.54, 1.807) is 6.07 Å². The molecule has 4 nitrogen and oxygen atoms in total. The second-order valence-corrected chi connectivity index (χ2v) is 2.85. The molecule has 0 aliphatic heterocycles. The van der Waals surface area contributed by atoms with Crippen LogP contribution >= 0.6 is 0 Å². The summed E-state index contributed by atoms with van der Waals surface area (Å²) in [7, 11) is 0. The molecule has 0 saturated carbocycles. The van der Waals surface area contributed by atoms with Gasteiger partial charge in [-0.2, -0.15) is 0 Å². The molecule has 4 heteroatoms. The monoisotopic (exact) mass is 210 g/mol. The van der Waals surface area contributed by atoms with Gasteiger partial charge in [0.05, 0.1) is 13.2 Å². The molecule has 1 rings (SSSR count). The summed E-state index contributed by atoms with van der Waals surface area (Å²) in [6.07, 6.45) is 0.651. The first kappa shape index (κ1) is 11.4. The minimum atomic E-state index is -0.0788. The summed E-state index contributed by atoms with van der Waals surface area (Å²) in [6, 6.07) is 2.89. The highest BCUT2D eigenvalue weighted by atomic mass is 16.5. The van der Waals surface area contributed by atoms with Crippen LogP contribution in [0.5, 0.6) is 17.2 Å². The quantitative estimate of drug-likeness (QED) is 0.755. The van der Waals surface area contributed by atoms with Gasteiger partial charge in [0, 0.05) is 5.56 Å². The van der Waals surface area contributed by atoms with Crippen molar-refractivity contribution >= 4 is 6.29 Å². The number of aromatic hydroxyl groups is 1. The number of hydrogen-bond acceptors (Lipinski definition) is 4. The van der Waals surface area contributed by atoms with E-state index in [0.29, 0.717) is 30.8 Å². The van der Waals surface area contributed by atoms with Crippen LogP contribution in [0.25, 0.3) is 0 Å². The highest BCUT2D eigenvalue weighted by Crippen LogP contribution is 2.37. The third kappa shape index (κ3) is 2.62. The van der Waals surface area contributed by atoms with Crippen LogP contribution in [0.2, 0.25) is 0 Å². The third-order valence-corrected chi connectivity index (χ3v) is 1.78. The molecule has 15 heavy (non-hydrogen) atoms. The van der Waals surface area contributed by atoms with Crippen molar-refractivity contribution in [3.05, 3.63) is 17.7 Å². The van der Waals surface area contributed by atoms with E-state index in [4.69, 9.17) is 9.47 Å². The Balaban J connectivity index is 3.15. The summed E-state index contributed by atoms with van der Waals surface area (Å²) in [6.45, 7) is 4.50. The van der Waals surface area contributed by atoms with Crippen LogP contribution in [0.15, 0.2) is 12.1 Å². The van der Waals surface area contributed by atoms with Gasteiger partial charge in [-0.25, -0.2) is 0 Å². The van der Waals surface area contributed by atoms with E-state index in [1.807, 2.05) is 13.8 Å². The number of phenols is 1. The Morgan fingerprint density at radius 2 is 1.93 bits per heavy atom. The minimum absolute atomic E-state index is 0.0788. The number of phenolic OH excluding ortho intramolecular Hbond substituents is 1. The van der Waals surface area contributed by atoms with Gasteiger partial charge < -0.3 is 14.6 Å². The molecule has 82 valence electrons. The van der Waals surface area contributed by atoms with Gasteiger partial charge in [0.2, 0.25) is 5.75 Å². The molecule has 0 aliphatic rings. The topological polar surface area (TPSA) is 55.8 Å². The molecule has 1 aromatic carbocycles. The maximum atomic E-state index is 10.6. The van der Waals surface area contributed by atoms with E-state index < -0.39 is 0 Å². The minimum Gasteiger partial charge on any atom is -0.504 e. The Hall–Kier alpha value is -1.71. The first-order chi connectivity index (χ1) is 7.22. The van der Waals surface area contributed by atoms with Crippen molar-refractivity contribution in [3.63, 3.8) is 0 Å². The third-order valence-electron chi connectivity index (χ3n) is 1.78. The van der Waals surface area contributed by atoms with Gasteiger partial charge in [-0.05, 0) is 26.0 Å². The van der Waals surface area contributed by atoms with Crippen LogP contribution in [-0.2, 0) is 0 Å². The molecule has 1 aromatic rings. The van der Waals surface area contributed by atoms with Gasteiger partial charge in [0.25, 0.3) is 0 Å². The molecule has 0 spiro atoms. The molecule has 0 saturated heterocycles. The number of carbonyl (C=O) groups is 1. The highest BCUT2D eigenvalue weighted by Gasteiger charge is 2.12. The highest BCUT2D eigenvalue weighted by molar-refractivity contribution is 5.78. The van der Waals surface area contributed by atoms with E-state index >= 15 is 0 Å². The molecular formula is C11H14O4. The van der Waals surface area contributed by atoms with Crippen LogP contribution in [0.1, 0.15) is 24.2 Å². The Labute approximate surface area is 88.4 Å². The standard InChI is InChI=1S/C11H14O4/c1-3-14-10-6-8(7-12)5-9(13)11(10)15-4-2/h5-7,13H,3-4H2,1-2H3. The van der Waals surface area contributed by atoms with Crippen LogP contribution < -0.4 is 9.47 Å². The van der Waals surface area contributed by atoms with Crippen LogP contribution in [0, 0.1) is 0 Å². The van der Waals surface area contributed by atoms with Crippen LogP contribution in [-0.4, -0.2) is 24.6 Å². The van der Waals surface area contributed by atoms with Crippen LogP contribution in [0.3, 0.4) is 0 Å². The lowest BCUT2D eigenvalue weighted by molar-refractivity contribution is 0.112. The predicted octanol–water partition coefficient (Wildman–Crippen LogP) is 2.00. The lowest BCUT2D eigenvalue weighted by atomic mass is 10.2. The van der Waals surface area contributed by atoms with Gasteiger partial charge in [0.15, 0.2) is 11.5 Å². The number of benzene rings is 1. The maximum Gasteiger partial charge on any atom is 0.203 e. The van der Waals surface area contributed by atoms with E-state index in [0.717, 1.165) is 0 Å². The number of carbonyl (C=O) groups excluding carboxylic acids is 1. The maximum absolute atomic E-state index is 10.6. The second-order valence-electron chi connectivity index (χ2n) is 2.85. The number of ether oxygens (including phenoxy) is 2. The van der Waals surface area contributed by atoms with Gasteiger partial charge in [-0.3, -0.25) is 4.79 Å². The van der Waals surface area contributed by atoms with Crippen molar-refractivity contribution in [2.75, 3.05) is 13.2 Å². The summed E-state index contributed by atoms with van der Waals surface area (Å²) >= 11 is 0. The zero-order valence-corrected chi connectivity index (χ0v) is 8.82. The fourth-order valence-electron chi connectivity index (χ4n) is 1.23. The smallest absolute Gasteiger partial charge is 0.203 e. The average Bonchev–Trinajstić information content (AvgIpc) is 2.23. The molecule has 0 unspecified atom stereocenters. The molecule has 1 N–H and O–H groups in total. The fourth-order valence-corrected chi connectivity index (χ4v) is 1.23. The number of aldehydes is 1.